The summed E-state index contributed by atoms with van der Waals surface area (Å²) in [5.41, 5.74) is 2.50. The maximum Gasteiger partial charge on any atom is 0.212 e. The smallest absolute Gasteiger partial charge is 0.212 e. The highest BCUT2D eigenvalue weighted by molar-refractivity contribution is 5.85. The summed E-state index contributed by atoms with van der Waals surface area (Å²) in [4.78, 5) is 6.40. The van der Waals surface area contributed by atoms with Crippen LogP contribution < -0.4 is 4.74 Å². The lowest BCUT2D eigenvalue weighted by molar-refractivity contribution is -0.0712. The third kappa shape index (κ3) is 7.06. The normalized spacial score (nSPS) is 20.9. The number of halogens is 1. The average Bonchev–Trinajstić information content (AvgIpc) is 2.95. The van der Waals surface area contributed by atoms with Crippen molar-refractivity contribution >= 4 is 12.4 Å². The molecule has 0 spiro atoms. The van der Waals surface area contributed by atoms with E-state index in [4.69, 9.17) is 4.74 Å². The first-order chi connectivity index (χ1) is 18.7. The number of hydrogen-bond acceptors (Lipinski definition) is 8. The van der Waals surface area contributed by atoms with Gasteiger partial charge < -0.3 is 30.3 Å². The van der Waals surface area contributed by atoms with Crippen molar-refractivity contribution in [2.45, 2.75) is 69.8 Å². The molecule has 3 aromatic rings. The van der Waals surface area contributed by atoms with E-state index in [0.29, 0.717) is 62.2 Å². The number of phenols is 2. The van der Waals surface area contributed by atoms with Crippen molar-refractivity contribution in [2.24, 2.45) is 0 Å². The lowest BCUT2D eigenvalue weighted by Crippen LogP contribution is -2.50. The number of aromatic hydroxyl groups is 2. The van der Waals surface area contributed by atoms with Crippen LogP contribution in [0.1, 0.15) is 73.1 Å². The minimum atomic E-state index is -1.15. The van der Waals surface area contributed by atoms with Crippen molar-refractivity contribution in [3.8, 4) is 17.4 Å². The number of β-amino-alcohol motifs (C(OH)–C–C–N with tert-alkyl or cyclic N) is 1. The SMILES string of the molecule is CCc1cc(C(O)CC2CC(O)(c3ccc(OC)nc3)CCN2CC(O)c2ccc(O)c(CC)c2)ccc1O.Cl. The van der Waals surface area contributed by atoms with E-state index in [-0.39, 0.29) is 29.9 Å². The summed E-state index contributed by atoms with van der Waals surface area (Å²) in [5, 5.41) is 54.3. The summed E-state index contributed by atoms with van der Waals surface area (Å²) in [6.07, 6.45) is 2.43. The van der Waals surface area contributed by atoms with Gasteiger partial charge in [-0.3, -0.25) is 4.90 Å². The summed E-state index contributed by atoms with van der Waals surface area (Å²) < 4.78 is 5.17. The molecule has 2 heterocycles. The van der Waals surface area contributed by atoms with E-state index in [0.717, 1.165) is 16.7 Å². The number of pyridine rings is 1. The summed E-state index contributed by atoms with van der Waals surface area (Å²) in [6.45, 7) is 4.73. The third-order valence-electron chi connectivity index (χ3n) is 8.03. The van der Waals surface area contributed by atoms with Crippen LogP contribution in [0, 0.1) is 0 Å². The highest BCUT2D eigenvalue weighted by atomic mass is 35.5. The number of aliphatic hydroxyl groups is 3. The third-order valence-corrected chi connectivity index (χ3v) is 8.03. The molecule has 2 aromatic carbocycles. The molecule has 5 N–H and O–H groups in total. The molecule has 9 heteroatoms. The zero-order valence-electron chi connectivity index (χ0n) is 23.3. The Labute approximate surface area is 242 Å². The molecule has 0 aliphatic carbocycles. The molecular weight excluding hydrogens is 532 g/mol. The van der Waals surface area contributed by atoms with Gasteiger partial charge in [0, 0.05) is 37.0 Å². The second-order valence-corrected chi connectivity index (χ2v) is 10.5. The highest BCUT2D eigenvalue weighted by Crippen LogP contribution is 2.40. The van der Waals surface area contributed by atoms with Gasteiger partial charge in [0.15, 0.2) is 0 Å². The van der Waals surface area contributed by atoms with Crippen molar-refractivity contribution in [1.29, 1.82) is 0 Å². The Kier molecular flexibility index (Phi) is 10.8. The molecule has 8 nitrogen and oxygen atoms in total. The molecule has 218 valence electrons. The van der Waals surface area contributed by atoms with Crippen LogP contribution in [0.25, 0.3) is 0 Å². The zero-order valence-corrected chi connectivity index (χ0v) is 24.1. The summed E-state index contributed by atoms with van der Waals surface area (Å²) in [6, 6.07) is 13.6. The van der Waals surface area contributed by atoms with Gasteiger partial charge in [0.25, 0.3) is 0 Å². The van der Waals surface area contributed by atoms with Gasteiger partial charge in [-0.15, -0.1) is 12.4 Å². The number of benzene rings is 2. The van der Waals surface area contributed by atoms with Gasteiger partial charge in [0.1, 0.15) is 11.5 Å². The maximum absolute atomic E-state index is 11.7. The fraction of sp³-hybridized carbons (Fsp3) is 0.452. The summed E-state index contributed by atoms with van der Waals surface area (Å²) in [7, 11) is 1.54. The minimum absolute atomic E-state index is 0. The molecule has 1 aromatic heterocycles. The van der Waals surface area contributed by atoms with Gasteiger partial charge in [0.05, 0.1) is 24.9 Å². The van der Waals surface area contributed by atoms with Crippen LogP contribution in [0.3, 0.4) is 0 Å². The van der Waals surface area contributed by atoms with Crippen LogP contribution in [-0.4, -0.2) is 61.7 Å². The van der Waals surface area contributed by atoms with Crippen LogP contribution in [0.4, 0.5) is 0 Å². The first-order valence-electron chi connectivity index (χ1n) is 13.6. The van der Waals surface area contributed by atoms with Crippen molar-refractivity contribution in [1.82, 2.24) is 9.88 Å². The van der Waals surface area contributed by atoms with E-state index in [2.05, 4.69) is 9.88 Å². The fourth-order valence-corrected chi connectivity index (χ4v) is 5.56. The number of nitrogens with zero attached hydrogens (tertiary/aromatic N) is 2. The van der Waals surface area contributed by atoms with Gasteiger partial charge in [-0.1, -0.05) is 26.0 Å². The van der Waals surface area contributed by atoms with Crippen LogP contribution in [0.5, 0.6) is 17.4 Å². The number of aliphatic hydroxyl groups excluding tert-OH is 2. The Balaban J connectivity index is 0.00000441. The number of aryl methyl sites for hydroxylation is 2. The van der Waals surface area contributed by atoms with E-state index in [1.54, 1.807) is 43.6 Å². The molecule has 1 aliphatic rings. The van der Waals surface area contributed by atoms with Crippen LogP contribution in [0.15, 0.2) is 54.7 Å². The molecule has 0 saturated carbocycles. The molecule has 4 atom stereocenters. The number of hydrogen-bond donors (Lipinski definition) is 5. The lowest BCUT2D eigenvalue weighted by Gasteiger charge is -2.45. The van der Waals surface area contributed by atoms with Gasteiger partial charge in [0.2, 0.25) is 5.88 Å². The topological polar surface area (TPSA) is 127 Å². The molecule has 0 radical (unpaired) electrons. The predicted octanol–water partition coefficient (Wildman–Crippen LogP) is 4.56. The fourth-order valence-electron chi connectivity index (χ4n) is 5.56. The van der Waals surface area contributed by atoms with Gasteiger partial charge in [-0.05, 0) is 84.7 Å². The molecule has 0 amide bonds. The lowest BCUT2D eigenvalue weighted by atomic mass is 9.79. The largest absolute Gasteiger partial charge is 0.508 e. The Morgan fingerprint density at radius 1 is 0.950 bits per heavy atom. The van der Waals surface area contributed by atoms with Crippen molar-refractivity contribution < 1.29 is 30.3 Å². The minimum Gasteiger partial charge on any atom is -0.508 e. The Morgan fingerprint density at radius 2 is 1.55 bits per heavy atom. The van der Waals surface area contributed by atoms with Crippen LogP contribution in [0.2, 0.25) is 0 Å². The number of piperidine rings is 1. The first-order valence-corrected chi connectivity index (χ1v) is 13.6. The van der Waals surface area contributed by atoms with E-state index in [9.17, 15) is 25.5 Å². The van der Waals surface area contributed by atoms with E-state index < -0.39 is 17.8 Å². The van der Waals surface area contributed by atoms with E-state index in [1.807, 2.05) is 32.0 Å². The predicted molar refractivity (Wildman–Crippen MR) is 156 cm³/mol. The molecule has 0 bridgehead atoms. The van der Waals surface area contributed by atoms with Gasteiger partial charge in [-0.25, -0.2) is 4.98 Å². The molecular formula is C31H41ClN2O6. The molecule has 1 aliphatic heterocycles. The molecule has 1 fully saturated rings. The zero-order chi connectivity index (χ0) is 28.2. The number of phenolic OH excluding ortho intramolecular Hbond substituents is 2. The summed E-state index contributed by atoms with van der Waals surface area (Å²) in [5.74, 6) is 0.887. The van der Waals surface area contributed by atoms with Crippen molar-refractivity contribution in [3.63, 3.8) is 0 Å². The number of rotatable bonds is 10. The van der Waals surface area contributed by atoms with Gasteiger partial charge in [-0.2, -0.15) is 0 Å². The molecule has 4 unspecified atom stereocenters. The Bertz CT molecular complexity index is 1260. The van der Waals surface area contributed by atoms with Crippen LogP contribution in [-0.2, 0) is 18.4 Å². The Morgan fingerprint density at radius 3 is 2.08 bits per heavy atom. The number of methoxy groups -OCH3 is 1. The molecule has 4 rings (SSSR count). The summed E-state index contributed by atoms with van der Waals surface area (Å²) >= 11 is 0. The van der Waals surface area contributed by atoms with Gasteiger partial charge >= 0.3 is 0 Å². The van der Waals surface area contributed by atoms with Crippen molar-refractivity contribution in [3.05, 3.63) is 82.5 Å². The molecule has 40 heavy (non-hydrogen) atoms. The van der Waals surface area contributed by atoms with Crippen molar-refractivity contribution in [2.75, 3.05) is 20.2 Å². The monoisotopic (exact) mass is 572 g/mol. The second kappa shape index (κ2) is 13.7. The molecule has 1 saturated heterocycles. The standard InChI is InChI=1S/C31H40N2O6.ClH/c1-4-20-14-22(6-9-26(20)34)28(36)16-25-17-31(38,24-8-11-30(39-3)32-18-24)12-13-33(25)19-29(37)23-7-10-27(35)21(5-2)15-23;/h6-11,14-15,18,25,28-29,34-38H,4-5,12-13,16-17,19H2,1-3H3;1H. The number of likely N-dealkylation sites (tertiary alicyclic amines) is 1. The average molecular weight is 573 g/mol. The number of aromatic nitrogens is 1. The van der Waals surface area contributed by atoms with Crippen LogP contribution >= 0.6 is 12.4 Å². The van der Waals surface area contributed by atoms with E-state index >= 15 is 0 Å². The maximum atomic E-state index is 11.7. The quantitative estimate of drug-likeness (QED) is 0.239. The Hall–Kier alpha value is -2.88. The highest BCUT2D eigenvalue weighted by Gasteiger charge is 2.41. The first kappa shape index (κ1) is 31.6. The van der Waals surface area contributed by atoms with E-state index in [1.165, 1.54) is 0 Å². The second-order valence-electron chi connectivity index (χ2n) is 10.5. The number of ether oxygens (including phenoxy) is 1.